The van der Waals surface area contributed by atoms with Gasteiger partial charge in [-0.05, 0) is 75.4 Å². The van der Waals surface area contributed by atoms with Crippen molar-refractivity contribution in [2.75, 3.05) is 0 Å². The number of hydrogen-bond donors (Lipinski definition) is 0. The van der Waals surface area contributed by atoms with Crippen molar-refractivity contribution in [1.82, 2.24) is 0 Å². The SMILES string of the molecule is CC(=O)c1cc2cc(CCc3ccc(CS(=O)(=O)C(C)(C)C)cc3)ccc2oc1=O. The van der Waals surface area contributed by atoms with Crippen LogP contribution in [0.2, 0.25) is 0 Å². The molecule has 30 heavy (non-hydrogen) atoms. The van der Waals surface area contributed by atoms with E-state index >= 15 is 0 Å². The van der Waals surface area contributed by atoms with Crippen molar-refractivity contribution in [3.8, 4) is 0 Å². The van der Waals surface area contributed by atoms with Gasteiger partial charge in [-0.25, -0.2) is 13.2 Å². The molecule has 0 bridgehead atoms. The number of benzene rings is 2. The maximum atomic E-state index is 12.4. The quantitative estimate of drug-likeness (QED) is 0.428. The summed E-state index contributed by atoms with van der Waals surface area (Å²) in [6, 6.07) is 14.8. The van der Waals surface area contributed by atoms with Crippen molar-refractivity contribution in [3.63, 3.8) is 0 Å². The van der Waals surface area contributed by atoms with Crippen LogP contribution in [0.3, 0.4) is 0 Å². The number of carbonyl (C=O) groups excluding carboxylic acids is 1. The van der Waals surface area contributed by atoms with Crippen molar-refractivity contribution >= 4 is 26.6 Å². The average molecular weight is 427 g/mol. The molecule has 0 fully saturated rings. The van der Waals surface area contributed by atoms with Crippen molar-refractivity contribution in [2.45, 2.75) is 51.0 Å². The van der Waals surface area contributed by atoms with Gasteiger partial charge in [0.05, 0.1) is 10.5 Å². The van der Waals surface area contributed by atoms with Crippen LogP contribution in [-0.2, 0) is 28.4 Å². The van der Waals surface area contributed by atoms with Gasteiger partial charge in [0.25, 0.3) is 0 Å². The molecule has 0 N–H and O–H groups in total. The zero-order chi connectivity index (χ0) is 22.1. The van der Waals surface area contributed by atoms with Crippen molar-refractivity contribution < 1.29 is 17.6 Å². The largest absolute Gasteiger partial charge is 0.422 e. The van der Waals surface area contributed by atoms with Crippen LogP contribution in [0.1, 0.15) is 54.7 Å². The summed E-state index contributed by atoms with van der Waals surface area (Å²) < 4.78 is 29.2. The first-order valence-electron chi connectivity index (χ1n) is 9.84. The Kier molecular flexibility index (Phi) is 5.99. The lowest BCUT2D eigenvalue weighted by Crippen LogP contribution is -2.29. The number of ketones is 1. The zero-order valence-corrected chi connectivity index (χ0v) is 18.5. The Hall–Kier alpha value is -2.73. The number of fused-ring (bicyclic) bond motifs is 1. The van der Waals surface area contributed by atoms with E-state index in [4.69, 9.17) is 4.42 Å². The lowest BCUT2D eigenvalue weighted by molar-refractivity contribution is 0.101. The number of hydrogen-bond acceptors (Lipinski definition) is 5. The summed E-state index contributed by atoms with van der Waals surface area (Å²) in [5.41, 5.74) is 2.85. The van der Waals surface area contributed by atoms with Crippen LogP contribution in [0.15, 0.2) is 57.7 Å². The van der Waals surface area contributed by atoms with Gasteiger partial charge in [-0.3, -0.25) is 4.79 Å². The highest BCUT2D eigenvalue weighted by molar-refractivity contribution is 7.91. The van der Waals surface area contributed by atoms with Crippen LogP contribution in [0.5, 0.6) is 0 Å². The maximum Gasteiger partial charge on any atom is 0.347 e. The van der Waals surface area contributed by atoms with Gasteiger partial charge in [0.15, 0.2) is 15.6 Å². The molecule has 0 saturated carbocycles. The summed E-state index contributed by atoms with van der Waals surface area (Å²) in [5, 5.41) is 0.722. The van der Waals surface area contributed by atoms with Gasteiger partial charge in [-0.2, -0.15) is 0 Å². The maximum absolute atomic E-state index is 12.4. The minimum Gasteiger partial charge on any atom is -0.422 e. The van der Waals surface area contributed by atoms with Crippen molar-refractivity contribution in [2.24, 2.45) is 0 Å². The molecule has 0 unspecified atom stereocenters. The Labute approximate surface area is 176 Å². The average Bonchev–Trinajstić information content (AvgIpc) is 2.65. The Morgan fingerprint density at radius 2 is 1.47 bits per heavy atom. The lowest BCUT2D eigenvalue weighted by atomic mass is 10.0. The summed E-state index contributed by atoms with van der Waals surface area (Å²) in [4.78, 5) is 23.4. The molecule has 3 aromatic rings. The molecule has 3 rings (SSSR count). The van der Waals surface area contributed by atoms with Gasteiger partial charge in [-0.1, -0.05) is 30.3 Å². The minimum atomic E-state index is -3.21. The second kappa shape index (κ2) is 8.19. The third kappa shape index (κ3) is 4.87. The summed E-state index contributed by atoms with van der Waals surface area (Å²) in [5.74, 6) is -0.282. The predicted molar refractivity (Wildman–Crippen MR) is 119 cm³/mol. The molecule has 158 valence electrons. The topological polar surface area (TPSA) is 81.4 Å². The smallest absolute Gasteiger partial charge is 0.347 e. The number of Topliss-reactive ketones (excluding diaryl/α,β-unsaturated/α-hetero) is 1. The fourth-order valence-corrected chi connectivity index (χ4v) is 4.16. The van der Waals surface area contributed by atoms with Crippen molar-refractivity contribution in [3.05, 3.63) is 81.2 Å². The molecule has 0 aliphatic heterocycles. The van der Waals surface area contributed by atoms with E-state index in [1.165, 1.54) is 6.92 Å². The van der Waals surface area contributed by atoms with E-state index in [-0.39, 0.29) is 17.1 Å². The monoisotopic (exact) mass is 426 g/mol. The van der Waals surface area contributed by atoms with Crippen LogP contribution in [0.25, 0.3) is 11.0 Å². The van der Waals surface area contributed by atoms with Crippen LogP contribution < -0.4 is 5.63 Å². The molecular weight excluding hydrogens is 400 g/mol. The molecular formula is C24H26O5S. The lowest BCUT2D eigenvalue weighted by Gasteiger charge is -2.19. The number of aryl methyl sites for hydroxylation is 2. The summed E-state index contributed by atoms with van der Waals surface area (Å²) in [6.07, 6.45) is 1.55. The second-order valence-corrected chi connectivity index (χ2v) is 11.3. The van der Waals surface area contributed by atoms with E-state index in [1.54, 1.807) is 32.9 Å². The van der Waals surface area contributed by atoms with E-state index in [0.29, 0.717) is 5.58 Å². The number of carbonyl (C=O) groups is 1. The fraction of sp³-hybridized carbons (Fsp3) is 0.333. The van der Waals surface area contributed by atoms with Gasteiger partial charge in [0.2, 0.25) is 0 Å². The number of sulfone groups is 1. The minimum absolute atomic E-state index is 0.0329. The van der Waals surface area contributed by atoms with Crippen LogP contribution >= 0.6 is 0 Å². The molecule has 0 aliphatic rings. The van der Waals surface area contributed by atoms with Crippen molar-refractivity contribution in [1.29, 1.82) is 0 Å². The van der Waals surface area contributed by atoms with E-state index in [1.807, 2.05) is 36.4 Å². The molecule has 0 atom stereocenters. The predicted octanol–water partition coefficient (Wildman–Crippen LogP) is 4.49. The Morgan fingerprint density at radius 1 is 0.900 bits per heavy atom. The zero-order valence-electron chi connectivity index (χ0n) is 17.7. The molecule has 6 heteroatoms. The van der Waals surface area contributed by atoms with Gasteiger partial charge < -0.3 is 4.42 Å². The Bertz CT molecular complexity index is 1240. The first-order chi connectivity index (χ1) is 14.0. The highest BCUT2D eigenvalue weighted by atomic mass is 32.2. The Balaban J connectivity index is 1.72. The molecule has 1 heterocycles. The fourth-order valence-electron chi connectivity index (χ4n) is 3.10. The molecule has 0 amide bonds. The van der Waals surface area contributed by atoms with Gasteiger partial charge in [0, 0.05) is 5.39 Å². The third-order valence-corrected chi connectivity index (χ3v) is 7.77. The third-order valence-electron chi connectivity index (χ3n) is 5.19. The first kappa shape index (κ1) is 22.0. The first-order valence-corrected chi connectivity index (χ1v) is 11.5. The van der Waals surface area contributed by atoms with Gasteiger partial charge >= 0.3 is 5.63 Å². The Morgan fingerprint density at radius 3 is 2.07 bits per heavy atom. The van der Waals surface area contributed by atoms with Crippen LogP contribution in [0, 0.1) is 0 Å². The summed E-state index contributed by atoms with van der Waals surface area (Å²) in [6.45, 7) is 6.48. The number of rotatable bonds is 6. The van der Waals surface area contributed by atoms with E-state index in [2.05, 4.69) is 0 Å². The molecule has 1 aromatic heterocycles. The normalized spacial score (nSPS) is 12.3. The highest BCUT2D eigenvalue weighted by Gasteiger charge is 2.28. The second-order valence-electron chi connectivity index (χ2n) is 8.56. The molecule has 0 saturated heterocycles. The molecule has 0 aliphatic carbocycles. The van der Waals surface area contributed by atoms with E-state index in [9.17, 15) is 18.0 Å². The molecule has 2 aromatic carbocycles. The van der Waals surface area contributed by atoms with Gasteiger partial charge in [-0.15, -0.1) is 0 Å². The van der Waals surface area contributed by atoms with E-state index < -0.39 is 20.2 Å². The highest BCUT2D eigenvalue weighted by Crippen LogP contribution is 2.21. The molecule has 5 nitrogen and oxygen atoms in total. The van der Waals surface area contributed by atoms with Gasteiger partial charge in [0.1, 0.15) is 11.1 Å². The summed E-state index contributed by atoms with van der Waals surface area (Å²) in [7, 11) is -3.21. The molecule has 0 radical (unpaired) electrons. The van der Waals surface area contributed by atoms with Crippen LogP contribution in [0.4, 0.5) is 0 Å². The molecule has 0 spiro atoms. The van der Waals surface area contributed by atoms with E-state index in [0.717, 1.165) is 34.9 Å². The van der Waals surface area contributed by atoms with Crippen LogP contribution in [-0.4, -0.2) is 18.9 Å². The standard InChI is InChI=1S/C24H26O5S/c1-16(25)21-14-20-13-18(11-12-22(20)29-23(21)26)8-5-17-6-9-19(10-7-17)15-30(27,28)24(2,3)4/h6-7,9-14H,5,8,15H2,1-4H3. The summed E-state index contributed by atoms with van der Waals surface area (Å²) >= 11 is 0.